The molecule has 0 aliphatic heterocycles. The summed E-state index contributed by atoms with van der Waals surface area (Å²) in [5.74, 6) is 0. The Balaban J connectivity index is 2.99. The molecule has 2 rings (SSSR count). The van der Waals surface area contributed by atoms with Gasteiger partial charge in [0.15, 0.2) is 4.83 Å². The average Bonchev–Trinajstić information content (AvgIpc) is 2.35. The number of aromatic nitrogens is 3. The molecule has 2 aromatic rings. The van der Waals surface area contributed by atoms with Crippen LogP contribution in [-0.4, -0.2) is 15.0 Å². The maximum absolute atomic E-state index is 3.91. The molecule has 0 fully saturated rings. The Morgan fingerprint density at radius 3 is 3.33 bits per heavy atom. The Morgan fingerprint density at radius 1 is 1.67 bits per heavy atom. The zero-order valence-corrected chi connectivity index (χ0v) is 5.72. The number of aryl methyl sites for hydroxylation is 1. The highest BCUT2D eigenvalue weighted by Crippen LogP contribution is 2.15. The fourth-order valence-corrected chi connectivity index (χ4v) is 1.50. The standard InChI is InChI=1S/C5H5N3S/c1-8-4-2-3-9-5(4)6-7-8/h2-3H,1H3. The minimum Gasteiger partial charge on any atom is -0.247 e. The maximum atomic E-state index is 3.91. The third kappa shape index (κ3) is 0.564. The quantitative estimate of drug-likeness (QED) is 0.545. The van der Waals surface area contributed by atoms with Crippen LogP contribution in [0.25, 0.3) is 10.3 Å². The minimum atomic E-state index is 1.01. The highest BCUT2D eigenvalue weighted by atomic mass is 32.1. The molecular formula is C5H5N3S. The van der Waals surface area contributed by atoms with Crippen molar-refractivity contribution in [3.8, 4) is 0 Å². The van der Waals surface area contributed by atoms with Gasteiger partial charge in [0.05, 0.1) is 5.52 Å². The van der Waals surface area contributed by atoms with Crippen LogP contribution in [0, 0.1) is 0 Å². The van der Waals surface area contributed by atoms with Crippen LogP contribution >= 0.6 is 11.3 Å². The van der Waals surface area contributed by atoms with Gasteiger partial charge in [-0.05, 0) is 11.4 Å². The van der Waals surface area contributed by atoms with Crippen LogP contribution in [0.1, 0.15) is 0 Å². The van der Waals surface area contributed by atoms with Gasteiger partial charge in [-0.3, -0.25) is 0 Å². The van der Waals surface area contributed by atoms with E-state index in [1.807, 2.05) is 18.5 Å². The Labute approximate surface area is 55.9 Å². The molecule has 0 aliphatic carbocycles. The van der Waals surface area contributed by atoms with Crippen molar-refractivity contribution in [1.29, 1.82) is 0 Å². The summed E-state index contributed by atoms with van der Waals surface area (Å²) in [6.45, 7) is 0. The van der Waals surface area contributed by atoms with Crippen molar-refractivity contribution in [2.45, 2.75) is 0 Å². The molecule has 0 radical (unpaired) electrons. The second-order valence-electron chi connectivity index (χ2n) is 1.82. The van der Waals surface area contributed by atoms with Crippen molar-refractivity contribution in [2.24, 2.45) is 7.05 Å². The van der Waals surface area contributed by atoms with E-state index in [4.69, 9.17) is 0 Å². The zero-order chi connectivity index (χ0) is 6.27. The maximum Gasteiger partial charge on any atom is 0.165 e. The lowest BCUT2D eigenvalue weighted by atomic mass is 10.6. The molecule has 0 aliphatic rings. The molecule has 0 saturated carbocycles. The monoisotopic (exact) mass is 139 g/mol. The summed E-state index contributed by atoms with van der Waals surface area (Å²) in [6, 6.07) is 2.01. The van der Waals surface area contributed by atoms with Gasteiger partial charge in [0.1, 0.15) is 0 Å². The van der Waals surface area contributed by atoms with E-state index in [1.54, 1.807) is 16.0 Å². The van der Waals surface area contributed by atoms with E-state index in [0.717, 1.165) is 10.3 Å². The fourth-order valence-electron chi connectivity index (χ4n) is 0.772. The number of thiophene rings is 1. The van der Waals surface area contributed by atoms with Crippen molar-refractivity contribution in [3.63, 3.8) is 0 Å². The van der Waals surface area contributed by atoms with Gasteiger partial charge in [0.2, 0.25) is 0 Å². The molecule has 2 aromatic heterocycles. The van der Waals surface area contributed by atoms with Crippen LogP contribution in [0.2, 0.25) is 0 Å². The highest BCUT2D eigenvalue weighted by molar-refractivity contribution is 7.16. The summed E-state index contributed by atoms with van der Waals surface area (Å²) in [5, 5.41) is 9.76. The van der Waals surface area contributed by atoms with E-state index in [9.17, 15) is 0 Å². The lowest BCUT2D eigenvalue weighted by Crippen LogP contribution is -1.87. The van der Waals surface area contributed by atoms with Crippen molar-refractivity contribution in [3.05, 3.63) is 11.4 Å². The molecule has 2 heterocycles. The molecule has 0 spiro atoms. The van der Waals surface area contributed by atoms with Crippen LogP contribution in [0.15, 0.2) is 11.4 Å². The Hall–Kier alpha value is -0.900. The Bertz CT molecular complexity index is 321. The summed E-state index contributed by atoms with van der Waals surface area (Å²) in [4.78, 5) is 1.01. The molecule has 0 bridgehead atoms. The summed E-state index contributed by atoms with van der Waals surface area (Å²) in [5.41, 5.74) is 1.11. The molecule has 0 saturated heterocycles. The molecule has 0 amide bonds. The summed E-state index contributed by atoms with van der Waals surface area (Å²) in [6.07, 6.45) is 0. The normalized spacial score (nSPS) is 10.8. The van der Waals surface area contributed by atoms with Crippen molar-refractivity contribution < 1.29 is 0 Å². The van der Waals surface area contributed by atoms with Gasteiger partial charge in [-0.2, -0.15) is 0 Å². The smallest absolute Gasteiger partial charge is 0.165 e. The van der Waals surface area contributed by atoms with Crippen LogP contribution in [0.3, 0.4) is 0 Å². The van der Waals surface area contributed by atoms with Gasteiger partial charge in [0, 0.05) is 7.05 Å². The molecule has 4 heteroatoms. The topological polar surface area (TPSA) is 30.7 Å². The van der Waals surface area contributed by atoms with Gasteiger partial charge in [0.25, 0.3) is 0 Å². The van der Waals surface area contributed by atoms with Crippen LogP contribution in [0.5, 0.6) is 0 Å². The predicted molar refractivity (Wildman–Crippen MR) is 36.4 cm³/mol. The third-order valence-corrected chi connectivity index (χ3v) is 2.03. The second-order valence-corrected chi connectivity index (χ2v) is 2.72. The molecule has 0 N–H and O–H groups in total. The first-order chi connectivity index (χ1) is 4.38. The lowest BCUT2D eigenvalue weighted by Gasteiger charge is -1.80. The number of rotatable bonds is 0. The molecular weight excluding hydrogens is 134 g/mol. The number of fused-ring (bicyclic) bond motifs is 1. The summed E-state index contributed by atoms with van der Waals surface area (Å²) in [7, 11) is 1.89. The summed E-state index contributed by atoms with van der Waals surface area (Å²) >= 11 is 1.61. The lowest BCUT2D eigenvalue weighted by molar-refractivity contribution is 0.736. The van der Waals surface area contributed by atoms with Gasteiger partial charge in [-0.15, -0.1) is 16.4 Å². The van der Waals surface area contributed by atoms with Gasteiger partial charge in [-0.25, -0.2) is 4.68 Å². The van der Waals surface area contributed by atoms with Gasteiger partial charge < -0.3 is 0 Å². The second kappa shape index (κ2) is 1.54. The van der Waals surface area contributed by atoms with E-state index < -0.39 is 0 Å². The van der Waals surface area contributed by atoms with Crippen molar-refractivity contribution in [1.82, 2.24) is 15.0 Å². The molecule has 3 nitrogen and oxygen atoms in total. The Morgan fingerprint density at radius 2 is 2.56 bits per heavy atom. The van der Waals surface area contributed by atoms with Crippen molar-refractivity contribution >= 4 is 21.7 Å². The highest BCUT2D eigenvalue weighted by Gasteiger charge is 1.98. The van der Waals surface area contributed by atoms with E-state index in [-0.39, 0.29) is 0 Å². The van der Waals surface area contributed by atoms with E-state index in [2.05, 4.69) is 10.3 Å². The van der Waals surface area contributed by atoms with Crippen LogP contribution in [0.4, 0.5) is 0 Å². The molecule has 0 aromatic carbocycles. The van der Waals surface area contributed by atoms with E-state index in [1.165, 1.54) is 0 Å². The summed E-state index contributed by atoms with van der Waals surface area (Å²) < 4.78 is 1.77. The largest absolute Gasteiger partial charge is 0.247 e. The molecule has 0 atom stereocenters. The molecule has 0 unspecified atom stereocenters. The Kier molecular flexibility index (Phi) is 0.843. The van der Waals surface area contributed by atoms with Gasteiger partial charge in [-0.1, -0.05) is 5.21 Å². The first kappa shape index (κ1) is 4.93. The SMILES string of the molecule is Cn1nnc2sccc21. The third-order valence-electron chi connectivity index (χ3n) is 1.24. The van der Waals surface area contributed by atoms with Crippen molar-refractivity contribution in [2.75, 3.05) is 0 Å². The molecule has 46 valence electrons. The fraction of sp³-hybridized carbons (Fsp3) is 0.200. The minimum absolute atomic E-state index is 1.01. The van der Waals surface area contributed by atoms with Crippen LogP contribution < -0.4 is 0 Å². The zero-order valence-electron chi connectivity index (χ0n) is 4.90. The predicted octanol–water partition coefficient (Wildman–Crippen LogP) is 1.03. The van der Waals surface area contributed by atoms with E-state index in [0.29, 0.717) is 0 Å². The average molecular weight is 139 g/mol. The molecule has 9 heavy (non-hydrogen) atoms. The first-order valence-electron chi connectivity index (χ1n) is 2.61. The van der Waals surface area contributed by atoms with E-state index >= 15 is 0 Å². The number of nitrogens with zero attached hydrogens (tertiary/aromatic N) is 3. The number of hydrogen-bond acceptors (Lipinski definition) is 3. The van der Waals surface area contributed by atoms with Gasteiger partial charge >= 0.3 is 0 Å². The number of hydrogen-bond donors (Lipinski definition) is 0. The van der Waals surface area contributed by atoms with Crippen LogP contribution in [-0.2, 0) is 7.05 Å². The first-order valence-corrected chi connectivity index (χ1v) is 3.49.